The molecule has 0 radical (unpaired) electrons. The lowest BCUT2D eigenvalue weighted by Crippen LogP contribution is -2.48. The number of hydrogen-bond acceptors (Lipinski definition) is 6. The maximum Gasteiger partial charge on any atom is 0.254 e. The van der Waals surface area contributed by atoms with Crippen LogP contribution in [0.25, 0.3) is 0 Å². The highest BCUT2D eigenvalue weighted by molar-refractivity contribution is 5.95. The highest BCUT2D eigenvalue weighted by atomic mass is 16.5. The van der Waals surface area contributed by atoms with E-state index in [0.717, 1.165) is 13.1 Å². The number of anilines is 3. The van der Waals surface area contributed by atoms with Crippen LogP contribution in [0, 0.1) is 13.8 Å². The van der Waals surface area contributed by atoms with E-state index in [2.05, 4.69) is 51.5 Å². The minimum Gasteiger partial charge on any atom is -0.368 e. The van der Waals surface area contributed by atoms with Crippen LogP contribution in [0.15, 0.2) is 53.2 Å². The van der Waals surface area contributed by atoms with E-state index in [4.69, 9.17) is 4.52 Å². The van der Waals surface area contributed by atoms with Crippen LogP contribution >= 0.6 is 0 Å². The van der Waals surface area contributed by atoms with E-state index in [0.29, 0.717) is 36.0 Å². The SMILES string of the molecule is Cc1cccc(N2CCN(C(=O)c3ccnc(Nc4cc(C)on4)c3)CC2)c1. The number of aromatic nitrogens is 2. The molecule has 0 aliphatic carbocycles. The van der Waals surface area contributed by atoms with Crippen LogP contribution in [0.3, 0.4) is 0 Å². The molecule has 144 valence electrons. The summed E-state index contributed by atoms with van der Waals surface area (Å²) in [5, 5.41) is 6.95. The molecular weight excluding hydrogens is 354 g/mol. The van der Waals surface area contributed by atoms with Crippen molar-refractivity contribution >= 4 is 23.2 Å². The van der Waals surface area contributed by atoms with Gasteiger partial charge in [-0.25, -0.2) is 4.98 Å². The summed E-state index contributed by atoms with van der Waals surface area (Å²) in [7, 11) is 0. The molecule has 7 nitrogen and oxygen atoms in total. The lowest BCUT2D eigenvalue weighted by molar-refractivity contribution is 0.0746. The molecule has 1 amide bonds. The summed E-state index contributed by atoms with van der Waals surface area (Å²) in [4.78, 5) is 21.4. The first kappa shape index (κ1) is 18.0. The Balaban J connectivity index is 1.40. The Morgan fingerprint density at radius 3 is 2.57 bits per heavy atom. The molecule has 28 heavy (non-hydrogen) atoms. The van der Waals surface area contributed by atoms with Gasteiger partial charge >= 0.3 is 0 Å². The molecule has 0 atom stereocenters. The molecule has 0 saturated carbocycles. The third kappa shape index (κ3) is 3.98. The van der Waals surface area contributed by atoms with Gasteiger partial charge in [-0.05, 0) is 43.7 Å². The number of carbonyl (C=O) groups excluding carboxylic acids is 1. The second kappa shape index (κ2) is 7.72. The van der Waals surface area contributed by atoms with E-state index in [1.807, 2.05) is 11.8 Å². The van der Waals surface area contributed by atoms with E-state index in [-0.39, 0.29) is 5.91 Å². The zero-order chi connectivity index (χ0) is 19.5. The van der Waals surface area contributed by atoms with Gasteiger partial charge < -0.3 is 19.6 Å². The smallest absolute Gasteiger partial charge is 0.254 e. The molecule has 0 bridgehead atoms. The Morgan fingerprint density at radius 1 is 1.04 bits per heavy atom. The number of hydrogen-bond donors (Lipinski definition) is 1. The number of aryl methyl sites for hydroxylation is 2. The molecule has 0 unspecified atom stereocenters. The van der Waals surface area contributed by atoms with Crippen molar-refractivity contribution in [3.8, 4) is 0 Å². The van der Waals surface area contributed by atoms with Gasteiger partial charge in [0.2, 0.25) is 0 Å². The second-order valence-electron chi connectivity index (χ2n) is 7.00. The molecule has 1 aliphatic rings. The first-order valence-electron chi connectivity index (χ1n) is 9.36. The summed E-state index contributed by atoms with van der Waals surface area (Å²) >= 11 is 0. The van der Waals surface area contributed by atoms with Gasteiger partial charge in [-0.2, -0.15) is 0 Å². The monoisotopic (exact) mass is 377 g/mol. The summed E-state index contributed by atoms with van der Waals surface area (Å²) in [5.41, 5.74) is 3.07. The van der Waals surface area contributed by atoms with E-state index in [1.54, 1.807) is 24.4 Å². The van der Waals surface area contributed by atoms with Crippen molar-refractivity contribution in [2.24, 2.45) is 0 Å². The number of benzene rings is 1. The molecule has 1 aliphatic heterocycles. The third-order valence-corrected chi connectivity index (χ3v) is 4.82. The van der Waals surface area contributed by atoms with Crippen LogP contribution in [-0.4, -0.2) is 47.1 Å². The van der Waals surface area contributed by atoms with E-state index in [1.165, 1.54) is 11.3 Å². The van der Waals surface area contributed by atoms with E-state index in [9.17, 15) is 4.79 Å². The van der Waals surface area contributed by atoms with Crippen LogP contribution in [0.1, 0.15) is 21.7 Å². The van der Waals surface area contributed by atoms with Gasteiger partial charge in [0, 0.05) is 49.7 Å². The fourth-order valence-electron chi connectivity index (χ4n) is 3.36. The molecule has 7 heteroatoms. The minimum atomic E-state index is 0.0191. The lowest BCUT2D eigenvalue weighted by Gasteiger charge is -2.36. The maximum absolute atomic E-state index is 12.9. The largest absolute Gasteiger partial charge is 0.368 e. The van der Waals surface area contributed by atoms with E-state index >= 15 is 0 Å². The number of nitrogens with one attached hydrogen (secondary N) is 1. The molecule has 2 aromatic heterocycles. The Morgan fingerprint density at radius 2 is 1.86 bits per heavy atom. The molecule has 0 spiro atoms. The Labute approximate surface area is 164 Å². The van der Waals surface area contributed by atoms with Crippen LogP contribution in [-0.2, 0) is 0 Å². The standard InChI is InChI=1S/C21H23N5O2/c1-15-4-3-5-18(12-15)25-8-10-26(11-9-25)21(27)17-6-7-22-19(14-17)23-20-13-16(2)28-24-20/h3-7,12-14H,8-11H2,1-2H3,(H,22,23,24). The predicted octanol–water partition coefficient (Wildman–Crippen LogP) is 3.39. The first-order valence-corrected chi connectivity index (χ1v) is 9.36. The topological polar surface area (TPSA) is 74.5 Å². The normalized spacial score (nSPS) is 14.2. The van der Waals surface area contributed by atoms with Gasteiger partial charge in [0.05, 0.1) is 0 Å². The molecule has 3 heterocycles. The van der Waals surface area contributed by atoms with Gasteiger partial charge in [-0.3, -0.25) is 4.79 Å². The molecule has 1 aromatic carbocycles. The number of carbonyl (C=O) groups is 1. The van der Waals surface area contributed by atoms with Crippen LogP contribution in [0.5, 0.6) is 0 Å². The van der Waals surface area contributed by atoms with Gasteiger partial charge in [0.1, 0.15) is 11.6 Å². The van der Waals surface area contributed by atoms with Crippen molar-refractivity contribution in [2.45, 2.75) is 13.8 Å². The summed E-state index contributed by atoms with van der Waals surface area (Å²) in [5.74, 6) is 1.87. The molecule has 1 saturated heterocycles. The number of pyridine rings is 1. The summed E-state index contributed by atoms with van der Waals surface area (Å²) < 4.78 is 5.04. The highest BCUT2D eigenvalue weighted by Gasteiger charge is 2.22. The number of amides is 1. The van der Waals surface area contributed by atoms with Crippen molar-refractivity contribution < 1.29 is 9.32 Å². The molecular formula is C21H23N5O2. The zero-order valence-electron chi connectivity index (χ0n) is 16.1. The fraction of sp³-hybridized carbons (Fsp3) is 0.286. The Hall–Kier alpha value is -3.35. The van der Waals surface area contributed by atoms with Gasteiger partial charge in [-0.1, -0.05) is 17.3 Å². The van der Waals surface area contributed by atoms with Gasteiger partial charge in [0.15, 0.2) is 5.82 Å². The zero-order valence-corrected chi connectivity index (χ0v) is 16.1. The summed E-state index contributed by atoms with van der Waals surface area (Å²) in [6, 6.07) is 13.7. The number of piperazine rings is 1. The van der Waals surface area contributed by atoms with Crippen molar-refractivity contribution in [2.75, 3.05) is 36.4 Å². The van der Waals surface area contributed by atoms with Crippen molar-refractivity contribution in [1.29, 1.82) is 0 Å². The number of rotatable bonds is 4. The third-order valence-electron chi connectivity index (χ3n) is 4.82. The predicted molar refractivity (Wildman–Crippen MR) is 108 cm³/mol. The summed E-state index contributed by atoms with van der Waals surface area (Å²) in [6.45, 7) is 6.95. The quantitative estimate of drug-likeness (QED) is 0.751. The highest BCUT2D eigenvalue weighted by Crippen LogP contribution is 2.20. The van der Waals surface area contributed by atoms with Crippen LogP contribution in [0.4, 0.5) is 17.3 Å². The second-order valence-corrected chi connectivity index (χ2v) is 7.00. The van der Waals surface area contributed by atoms with Gasteiger partial charge in [0.25, 0.3) is 5.91 Å². The molecule has 1 N–H and O–H groups in total. The average Bonchev–Trinajstić information content (AvgIpc) is 3.12. The van der Waals surface area contributed by atoms with E-state index < -0.39 is 0 Å². The minimum absolute atomic E-state index is 0.0191. The van der Waals surface area contributed by atoms with Crippen LogP contribution < -0.4 is 10.2 Å². The maximum atomic E-state index is 12.9. The number of nitrogens with zero attached hydrogens (tertiary/aromatic N) is 4. The van der Waals surface area contributed by atoms with Crippen molar-refractivity contribution in [1.82, 2.24) is 15.0 Å². The molecule has 1 fully saturated rings. The van der Waals surface area contributed by atoms with Gasteiger partial charge in [-0.15, -0.1) is 0 Å². The Kier molecular flexibility index (Phi) is 4.97. The van der Waals surface area contributed by atoms with Crippen LogP contribution in [0.2, 0.25) is 0 Å². The lowest BCUT2D eigenvalue weighted by atomic mass is 10.1. The van der Waals surface area contributed by atoms with Crippen molar-refractivity contribution in [3.63, 3.8) is 0 Å². The fourth-order valence-corrected chi connectivity index (χ4v) is 3.36. The summed E-state index contributed by atoms with van der Waals surface area (Å²) in [6.07, 6.45) is 1.63. The molecule has 4 rings (SSSR count). The average molecular weight is 377 g/mol. The first-order chi connectivity index (χ1) is 13.6. The Bertz CT molecular complexity index is 976. The van der Waals surface area contributed by atoms with Crippen molar-refractivity contribution in [3.05, 3.63) is 65.5 Å². The molecule has 3 aromatic rings.